The van der Waals surface area contributed by atoms with Gasteiger partial charge in [-0.05, 0) is 83.7 Å². The van der Waals surface area contributed by atoms with Gasteiger partial charge in [0.1, 0.15) is 0 Å². The lowest BCUT2D eigenvalue weighted by molar-refractivity contribution is -0.137. The highest BCUT2D eigenvalue weighted by atomic mass is 32.1. The lowest BCUT2D eigenvalue weighted by Crippen LogP contribution is -2.23. The van der Waals surface area contributed by atoms with Crippen LogP contribution >= 0.6 is 11.3 Å². The molecule has 0 aliphatic carbocycles. The maximum Gasteiger partial charge on any atom is 0.416 e. The normalized spacial score (nSPS) is 11.4. The zero-order chi connectivity index (χ0) is 29.0. The summed E-state index contributed by atoms with van der Waals surface area (Å²) in [6, 6.07) is 4.14. The molecule has 2 aromatic rings. The van der Waals surface area contributed by atoms with Gasteiger partial charge in [-0.1, -0.05) is 63.5 Å². The minimum Gasteiger partial charge on any atom is -0.312 e. The highest BCUT2D eigenvalue weighted by Crippen LogP contribution is 2.30. The Morgan fingerprint density at radius 2 is 1.68 bits per heavy atom. The second-order valence-corrected chi connectivity index (χ2v) is 9.86. The quantitative estimate of drug-likeness (QED) is 0.310. The summed E-state index contributed by atoms with van der Waals surface area (Å²) >= 11 is 1.70. The molecular formula is C31H48F3NOS. The van der Waals surface area contributed by atoms with E-state index in [2.05, 4.69) is 52.6 Å². The van der Waals surface area contributed by atoms with Crippen LogP contribution in [0.2, 0.25) is 0 Å². The summed E-state index contributed by atoms with van der Waals surface area (Å²) in [5.74, 6) is 0.203. The molecule has 0 saturated heterocycles. The summed E-state index contributed by atoms with van der Waals surface area (Å²) in [4.78, 5) is 12.5. The SMILES string of the molecule is C=CC.CC(=O)c1csc2c1CCNC2.CCC.CCC=C(C)C.CCc1cc(C)cc(C(F)(F)F)c1. The number of hydrogen-bond donors (Lipinski definition) is 1. The van der Waals surface area contributed by atoms with Gasteiger partial charge in [0, 0.05) is 22.4 Å². The second-order valence-electron chi connectivity index (χ2n) is 8.90. The molecule has 3 rings (SSSR count). The van der Waals surface area contributed by atoms with E-state index in [-0.39, 0.29) is 5.78 Å². The molecule has 1 aromatic heterocycles. The summed E-state index contributed by atoms with van der Waals surface area (Å²) in [5.41, 5.74) is 4.48. The molecular weight excluding hydrogens is 491 g/mol. The van der Waals surface area contributed by atoms with Crippen LogP contribution in [0.3, 0.4) is 0 Å². The number of benzene rings is 1. The number of halogens is 3. The van der Waals surface area contributed by atoms with Crippen molar-refractivity contribution in [1.82, 2.24) is 5.32 Å². The van der Waals surface area contributed by atoms with Gasteiger partial charge in [0.15, 0.2) is 5.78 Å². The number of fused-ring (bicyclic) bond motifs is 1. The van der Waals surface area contributed by atoms with E-state index >= 15 is 0 Å². The van der Waals surface area contributed by atoms with E-state index in [1.165, 1.54) is 41.0 Å². The maximum atomic E-state index is 12.3. The van der Waals surface area contributed by atoms with Crippen molar-refractivity contribution >= 4 is 17.1 Å². The van der Waals surface area contributed by atoms with Gasteiger partial charge >= 0.3 is 6.18 Å². The van der Waals surface area contributed by atoms with E-state index < -0.39 is 11.7 Å². The first-order valence-corrected chi connectivity index (χ1v) is 13.9. The Labute approximate surface area is 228 Å². The van der Waals surface area contributed by atoms with Crippen LogP contribution in [-0.4, -0.2) is 12.3 Å². The Morgan fingerprint density at radius 1 is 1.11 bits per heavy atom. The van der Waals surface area contributed by atoms with Gasteiger partial charge in [0.25, 0.3) is 0 Å². The molecule has 0 fully saturated rings. The third-order valence-electron chi connectivity index (χ3n) is 4.68. The van der Waals surface area contributed by atoms with Crippen LogP contribution in [0.5, 0.6) is 0 Å². The predicted octanol–water partition coefficient (Wildman–Crippen LogP) is 10.1. The smallest absolute Gasteiger partial charge is 0.312 e. The number of alkyl halides is 3. The number of Topliss-reactive ketones (excluding diaryl/α,β-unsaturated/α-hetero) is 1. The summed E-state index contributed by atoms with van der Waals surface area (Å²) in [5, 5.41) is 5.28. The van der Waals surface area contributed by atoms with E-state index in [0.717, 1.165) is 30.6 Å². The molecule has 1 aliphatic heterocycles. The monoisotopic (exact) mass is 539 g/mol. The van der Waals surface area contributed by atoms with E-state index in [1.807, 2.05) is 19.2 Å². The number of allylic oxidation sites excluding steroid dienone is 3. The van der Waals surface area contributed by atoms with Crippen LogP contribution in [-0.2, 0) is 25.6 Å². The number of carbonyl (C=O) groups is 1. The first-order chi connectivity index (χ1) is 17.3. The third kappa shape index (κ3) is 17.0. The van der Waals surface area contributed by atoms with Crippen molar-refractivity contribution in [3.63, 3.8) is 0 Å². The molecule has 0 saturated carbocycles. The number of ketones is 1. The Balaban J connectivity index is 0. The fraction of sp³-hybridized carbons (Fsp3) is 0.516. The second kappa shape index (κ2) is 20.8. The first-order valence-electron chi connectivity index (χ1n) is 13.0. The molecule has 0 unspecified atom stereocenters. The van der Waals surface area contributed by atoms with E-state index in [0.29, 0.717) is 12.0 Å². The van der Waals surface area contributed by atoms with Crippen molar-refractivity contribution in [3.05, 3.63) is 80.6 Å². The molecule has 1 aromatic carbocycles. The molecule has 210 valence electrons. The Bertz CT molecular complexity index is 938. The standard InChI is InChI=1S/C10H11F3.C9H11NOS.C6H12.C3H8.C3H6/c1-3-8-4-7(2)5-9(6-8)10(11,12)13;1-6(11)8-5-12-9-4-10-3-2-7(8)9;1-4-5-6(2)3;2*1-3-2/h4-6H,3H2,1-2H3;5,10H,2-4H2,1H3;5H,4H2,1-3H3;3H2,1-2H3;3H,1H2,2H3. The van der Waals surface area contributed by atoms with Gasteiger partial charge in [-0.25, -0.2) is 0 Å². The Kier molecular flexibility index (Phi) is 20.8. The molecule has 37 heavy (non-hydrogen) atoms. The van der Waals surface area contributed by atoms with Crippen LogP contribution < -0.4 is 5.32 Å². The first kappa shape index (κ1) is 37.0. The summed E-state index contributed by atoms with van der Waals surface area (Å²) in [7, 11) is 0. The van der Waals surface area contributed by atoms with Crippen LogP contribution in [0.4, 0.5) is 13.2 Å². The number of carbonyl (C=O) groups excluding carboxylic acids is 1. The minimum atomic E-state index is -4.23. The van der Waals surface area contributed by atoms with Crippen molar-refractivity contribution in [3.8, 4) is 0 Å². The zero-order valence-electron chi connectivity index (χ0n) is 24.4. The van der Waals surface area contributed by atoms with Crippen molar-refractivity contribution in [2.24, 2.45) is 0 Å². The lowest BCUT2D eigenvalue weighted by Gasteiger charge is -2.13. The van der Waals surface area contributed by atoms with E-state index in [1.54, 1.807) is 37.3 Å². The molecule has 1 aliphatic rings. The number of thiophene rings is 1. The van der Waals surface area contributed by atoms with Gasteiger partial charge in [-0.2, -0.15) is 13.2 Å². The molecule has 2 heterocycles. The highest BCUT2D eigenvalue weighted by Gasteiger charge is 2.30. The average Bonchev–Trinajstić information content (AvgIpc) is 3.24. The van der Waals surface area contributed by atoms with Crippen molar-refractivity contribution in [2.45, 2.75) is 101 Å². The number of hydrogen-bond acceptors (Lipinski definition) is 3. The van der Waals surface area contributed by atoms with Gasteiger partial charge in [0.05, 0.1) is 5.56 Å². The van der Waals surface area contributed by atoms with Crippen molar-refractivity contribution in [1.29, 1.82) is 0 Å². The number of rotatable bonds is 3. The fourth-order valence-corrected chi connectivity index (χ4v) is 4.30. The predicted molar refractivity (Wildman–Crippen MR) is 157 cm³/mol. The fourth-order valence-electron chi connectivity index (χ4n) is 3.19. The molecule has 2 nitrogen and oxygen atoms in total. The molecule has 0 amide bonds. The molecule has 0 radical (unpaired) electrons. The van der Waals surface area contributed by atoms with Crippen LogP contribution in [0.15, 0.2) is 47.9 Å². The maximum absolute atomic E-state index is 12.3. The van der Waals surface area contributed by atoms with Crippen LogP contribution in [0, 0.1) is 6.92 Å². The van der Waals surface area contributed by atoms with Crippen LogP contribution in [0.1, 0.15) is 106 Å². The van der Waals surface area contributed by atoms with Crippen molar-refractivity contribution < 1.29 is 18.0 Å². The molecule has 6 heteroatoms. The third-order valence-corrected chi connectivity index (χ3v) is 5.71. The summed E-state index contributed by atoms with van der Waals surface area (Å²) in [6.07, 6.45) is 3.79. The molecule has 0 atom stereocenters. The number of nitrogens with one attached hydrogen (secondary N) is 1. The average molecular weight is 540 g/mol. The van der Waals surface area contributed by atoms with Gasteiger partial charge in [-0.3, -0.25) is 4.79 Å². The Morgan fingerprint density at radius 3 is 2.08 bits per heavy atom. The van der Waals surface area contributed by atoms with Gasteiger partial charge < -0.3 is 5.32 Å². The van der Waals surface area contributed by atoms with Gasteiger partial charge in [-0.15, -0.1) is 17.9 Å². The summed E-state index contributed by atoms with van der Waals surface area (Å²) < 4.78 is 36.9. The minimum absolute atomic E-state index is 0.203. The van der Waals surface area contributed by atoms with Crippen LogP contribution in [0.25, 0.3) is 0 Å². The van der Waals surface area contributed by atoms with Gasteiger partial charge in [0.2, 0.25) is 0 Å². The molecule has 0 bridgehead atoms. The topological polar surface area (TPSA) is 29.1 Å². The molecule has 0 spiro atoms. The van der Waals surface area contributed by atoms with E-state index in [9.17, 15) is 18.0 Å². The number of aryl methyl sites for hydroxylation is 2. The highest BCUT2D eigenvalue weighted by molar-refractivity contribution is 7.10. The largest absolute Gasteiger partial charge is 0.416 e. The van der Waals surface area contributed by atoms with E-state index in [4.69, 9.17) is 0 Å². The Hall–Kier alpha value is -2.18. The van der Waals surface area contributed by atoms with Crippen molar-refractivity contribution in [2.75, 3.05) is 6.54 Å². The lowest BCUT2D eigenvalue weighted by atomic mass is 10.0. The summed E-state index contributed by atoms with van der Waals surface area (Å²) in [6.45, 7) is 23.0. The zero-order valence-corrected chi connectivity index (χ0v) is 25.2. The molecule has 1 N–H and O–H groups in total.